The molecule has 0 atom stereocenters. The molecule has 0 aromatic heterocycles. The average Bonchev–Trinajstić information content (AvgIpc) is 2.67. The van der Waals surface area contributed by atoms with E-state index in [9.17, 15) is 4.79 Å². The molecule has 0 radical (unpaired) electrons. The summed E-state index contributed by atoms with van der Waals surface area (Å²) in [6.07, 6.45) is 2.58. The fourth-order valence-electron chi connectivity index (χ4n) is 2.08. The highest BCUT2D eigenvalue weighted by Gasteiger charge is 2.03. The molecule has 0 unspecified atom stereocenters. The van der Waals surface area contributed by atoms with Gasteiger partial charge in [-0.3, -0.25) is 9.79 Å². The number of aliphatic imine (C=N–C) groups is 1. The molecule has 0 saturated carbocycles. The smallest absolute Gasteiger partial charge is 0.226 e. The Bertz CT molecular complexity index is 552. The molecule has 1 rings (SSSR count). The quantitative estimate of drug-likeness (QED) is 0.248. The minimum atomic E-state index is -0.0494. The summed E-state index contributed by atoms with van der Waals surface area (Å²) in [5.41, 5.74) is 0.779. The van der Waals surface area contributed by atoms with Crippen molar-refractivity contribution in [1.82, 2.24) is 10.6 Å². The van der Waals surface area contributed by atoms with Crippen molar-refractivity contribution in [3.8, 4) is 0 Å². The molecule has 0 heterocycles. The Morgan fingerprint density at radius 2 is 1.70 bits per heavy atom. The first-order valence-electron chi connectivity index (χ1n) is 9.31. The second-order valence-corrected chi connectivity index (χ2v) is 6.72. The van der Waals surface area contributed by atoms with Crippen molar-refractivity contribution >= 4 is 33.5 Å². The Morgan fingerprint density at radius 3 is 2.37 bits per heavy atom. The summed E-state index contributed by atoms with van der Waals surface area (Å²) in [7, 11) is 1.69. The molecule has 152 valence electrons. The van der Waals surface area contributed by atoms with Crippen LogP contribution in [0.15, 0.2) is 33.7 Å². The number of anilines is 1. The second kappa shape index (κ2) is 15.4. The third kappa shape index (κ3) is 12.4. The fraction of sp³-hybridized carbons (Fsp3) is 0.579. The summed E-state index contributed by atoms with van der Waals surface area (Å²) in [6.45, 7) is 5.86. The highest BCUT2D eigenvalue weighted by molar-refractivity contribution is 9.10. The molecule has 0 bridgehead atoms. The van der Waals surface area contributed by atoms with E-state index >= 15 is 0 Å². The summed E-state index contributed by atoms with van der Waals surface area (Å²) in [5, 5.41) is 9.11. The van der Waals surface area contributed by atoms with Crippen LogP contribution in [-0.2, 0) is 14.3 Å². The first-order chi connectivity index (χ1) is 13.2. The van der Waals surface area contributed by atoms with Gasteiger partial charge >= 0.3 is 0 Å². The molecule has 0 aliphatic carbocycles. The molecular weight excluding hydrogens is 412 g/mol. The molecule has 1 aromatic rings. The SMILES string of the molecule is CCCCOCCOCCNC(=NC)NCCC(=O)Nc1ccc(Br)cc1. The Hall–Kier alpha value is -1.64. The summed E-state index contributed by atoms with van der Waals surface area (Å²) in [5.74, 6) is 0.598. The fourth-order valence-corrected chi connectivity index (χ4v) is 2.35. The summed E-state index contributed by atoms with van der Waals surface area (Å²) in [6, 6.07) is 7.48. The predicted molar refractivity (Wildman–Crippen MR) is 113 cm³/mol. The van der Waals surface area contributed by atoms with Gasteiger partial charge in [0.25, 0.3) is 0 Å². The van der Waals surface area contributed by atoms with Gasteiger partial charge in [-0.2, -0.15) is 0 Å². The van der Waals surface area contributed by atoms with E-state index in [1.54, 1.807) is 7.05 Å². The Morgan fingerprint density at radius 1 is 1.04 bits per heavy atom. The molecule has 1 amide bonds. The lowest BCUT2D eigenvalue weighted by atomic mass is 10.3. The zero-order chi connectivity index (χ0) is 19.7. The topological polar surface area (TPSA) is 84.0 Å². The maximum Gasteiger partial charge on any atom is 0.226 e. The van der Waals surface area contributed by atoms with Crippen molar-refractivity contribution in [1.29, 1.82) is 0 Å². The van der Waals surface area contributed by atoms with E-state index in [0.717, 1.165) is 29.6 Å². The van der Waals surface area contributed by atoms with Crippen LogP contribution in [0.25, 0.3) is 0 Å². The van der Waals surface area contributed by atoms with E-state index < -0.39 is 0 Å². The number of unbranched alkanes of at least 4 members (excludes halogenated alkanes) is 1. The minimum Gasteiger partial charge on any atom is -0.379 e. The normalized spacial score (nSPS) is 11.3. The Balaban J connectivity index is 2.05. The van der Waals surface area contributed by atoms with E-state index in [-0.39, 0.29) is 5.91 Å². The maximum absolute atomic E-state index is 11.9. The van der Waals surface area contributed by atoms with Gasteiger partial charge in [-0.25, -0.2) is 0 Å². The lowest BCUT2D eigenvalue weighted by Gasteiger charge is -2.12. The van der Waals surface area contributed by atoms with Crippen LogP contribution < -0.4 is 16.0 Å². The zero-order valence-corrected chi connectivity index (χ0v) is 17.8. The third-order valence-electron chi connectivity index (χ3n) is 3.55. The Kier molecular flexibility index (Phi) is 13.4. The van der Waals surface area contributed by atoms with Crippen molar-refractivity contribution < 1.29 is 14.3 Å². The highest BCUT2D eigenvalue weighted by atomic mass is 79.9. The first kappa shape index (κ1) is 23.4. The van der Waals surface area contributed by atoms with Crippen LogP contribution in [0.4, 0.5) is 5.69 Å². The van der Waals surface area contributed by atoms with Gasteiger partial charge in [-0.05, 0) is 30.7 Å². The van der Waals surface area contributed by atoms with E-state index in [2.05, 4.69) is 43.8 Å². The van der Waals surface area contributed by atoms with Gasteiger partial charge < -0.3 is 25.4 Å². The van der Waals surface area contributed by atoms with Crippen LogP contribution in [0.1, 0.15) is 26.2 Å². The minimum absolute atomic E-state index is 0.0494. The molecular formula is C19H31BrN4O3. The van der Waals surface area contributed by atoms with Gasteiger partial charge in [0.15, 0.2) is 5.96 Å². The van der Waals surface area contributed by atoms with E-state index in [1.807, 2.05) is 24.3 Å². The molecule has 0 saturated heterocycles. The summed E-state index contributed by atoms with van der Waals surface area (Å²) >= 11 is 3.37. The number of carbonyl (C=O) groups excluding carboxylic acids is 1. The molecule has 0 aliphatic heterocycles. The molecule has 0 fully saturated rings. The summed E-state index contributed by atoms with van der Waals surface area (Å²) in [4.78, 5) is 16.1. The number of guanidine groups is 1. The molecule has 27 heavy (non-hydrogen) atoms. The molecule has 3 N–H and O–H groups in total. The van der Waals surface area contributed by atoms with Crippen molar-refractivity contribution in [3.63, 3.8) is 0 Å². The molecule has 1 aromatic carbocycles. The number of rotatable bonds is 13. The van der Waals surface area contributed by atoms with Crippen LogP contribution in [0, 0.1) is 0 Å². The van der Waals surface area contributed by atoms with Crippen molar-refractivity contribution in [2.45, 2.75) is 26.2 Å². The molecule has 7 nitrogen and oxygen atoms in total. The van der Waals surface area contributed by atoms with Gasteiger partial charge in [0.05, 0.1) is 19.8 Å². The van der Waals surface area contributed by atoms with Crippen LogP contribution in [0.3, 0.4) is 0 Å². The predicted octanol–water partition coefficient (Wildman–Crippen LogP) is 2.78. The number of halogens is 1. The first-order valence-corrected chi connectivity index (χ1v) is 10.1. The van der Waals surface area contributed by atoms with Crippen LogP contribution >= 0.6 is 15.9 Å². The lowest BCUT2D eigenvalue weighted by molar-refractivity contribution is -0.116. The number of nitrogens with zero attached hydrogens (tertiary/aromatic N) is 1. The Labute approximate surface area is 170 Å². The van der Waals surface area contributed by atoms with Crippen molar-refractivity contribution in [3.05, 3.63) is 28.7 Å². The number of benzene rings is 1. The van der Waals surface area contributed by atoms with Crippen LogP contribution in [-0.4, -0.2) is 58.4 Å². The molecule has 8 heteroatoms. The number of amides is 1. The van der Waals surface area contributed by atoms with Gasteiger partial charge in [-0.15, -0.1) is 0 Å². The van der Waals surface area contributed by atoms with Gasteiger partial charge in [0.1, 0.15) is 0 Å². The van der Waals surface area contributed by atoms with E-state index in [1.165, 1.54) is 0 Å². The van der Waals surface area contributed by atoms with Crippen molar-refractivity contribution in [2.75, 3.05) is 51.9 Å². The lowest BCUT2D eigenvalue weighted by Crippen LogP contribution is -2.40. The summed E-state index contributed by atoms with van der Waals surface area (Å²) < 4.78 is 11.9. The van der Waals surface area contributed by atoms with Gasteiger partial charge in [-0.1, -0.05) is 29.3 Å². The van der Waals surface area contributed by atoms with Crippen molar-refractivity contribution in [2.24, 2.45) is 4.99 Å². The maximum atomic E-state index is 11.9. The number of hydrogen-bond acceptors (Lipinski definition) is 4. The highest BCUT2D eigenvalue weighted by Crippen LogP contribution is 2.14. The van der Waals surface area contributed by atoms with E-state index in [4.69, 9.17) is 9.47 Å². The molecule has 0 aliphatic rings. The number of ether oxygens (including phenoxy) is 2. The van der Waals surface area contributed by atoms with E-state index in [0.29, 0.717) is 45.3 Å². The molecule has 0 spiro atoms. The third-order valence-corrected chi connectivity index (χ3v) is 4.08. The largest absolute Gasteiger partial charge is 0.379 e. The monoisotopic (exact) mass is 442 g/mol. The zero-order valence-electron chi connectivity index (χ0n) is 16.2. The van der Waals surface area contributed by atoms with Crippen LogP contribution in [0.5, 0.6) is 0 Å². The standard InChI is InChI=1S/C19H31BrN4O3/c1-3-4-12-26-14-15-27-13-11-23-19(21-2)22-10-9-18(25)24-17-7-5-16(20)6-8-17/h5-8H,3-4,9-15H2,1-2H3,(H,24,25)(H2,21,22,23). The average molecular weight is 443 g/mol. The number of hydrogen-bond donors (Lipinski definition) is 3. The number of carbonyl (C=O) groups is 1. The number of nitrogens with one attached hydrogen (secondary N) is 3. The van der Waals surface area contributed by atoms with Crippen LogP contribution in [0.2, 0.25) is 0 Å². The second-order valence-electron chi connectivity index (χ2n) is 5.81. The van der Waals surface area contributed by atoms with Gasteiger partial charge in [0, 0.05) is 43.3 Å². The van der Waals surface area contributed by atoms with Gasteiger partial charge in [0.2, 0.25) is 5.91 Å².